The molecule has 1 aliphatic heterocycles. The molecule has 3 fully saturated rings. The molecule has 4 nitrogen and oxygen atoms in total. The molecule has 7 heteroatoms. The number of hydrogen-bond donors (Lipinski definition) is 1. The second-order valence-corrected chi connectivity index (χ2v) is 8.04. The number of piperidine rings is 1. The van der Waals surface area contributed by atoms with Crippen LogP contribution in [0.4, 0.5) is 18.0 Å². The fourth-order valence-electron chi connectivity index (χ4n) is 3.85. The maximum Gasteiger partial charge on any atom is 0.416 e. The highest BCUT2D eigenvalue weighted by Gasteiger charge is 2.36. The van der Waals surface area contributed by atoms with Crippen LogP contribution in [0.25, 0.3) is 0 Å². The van der Waals surface area contributed by atoms with E-state index >= 15 is 0 Å². The van der Waals surface area contributed by atoms with Crippen LogP contribution in [0.2, 0.25) is 0 Å². The highest BCUT2D eigenvalue weighted by atomic mass is 19.4. The molecule has 0 unspecified atom stereocenters. The van der Waals surface area contributed by atoms with Gasteiger partial charge in [0.1, 0.15) is 0 Å². The first-order chi connectivity index (χ1) is 12.9. The van der Waals surface area contributed by atoms with Crippen LogP contribution in [0.15, 0.2) is 24.3 Å². The lowest BCUT2D eigenvalue weighted by atomic mass is 10.1. The van der Waals surface area contributed by atoms with Crippen molar-refractivity contribution < 1.29 is 18.0 Å². The van der Waals surface area contributed by atoms with Gasteiger partial charge in [0.05, 0.1) is 5.56 Å². The molecular formula is C20H26F3N3O. The van der Waals surface area contributed by atoms with Crippen LogP contribution in [-0.2, 0) is 12.7 Å². The van der Waals surface area contributed by atoms with Crippen LogP contribution >= 0.6 is 0 Å². The Morgan fingerprint density at radius 3 is 2.19 bits per heavy atom. The zero-order valence-electron chi connectivity index (χ0n) is 15.3. The third-order valence-electron chi connectivity index (χ3n) is 5.80. The van der Waals surface area contributed by atoms with Gasteiger partial charge in [-0.25, -0.2) is 4.79 Å². The molecule has 2 amide bonds. The van der Waals surface area contributed by atoms with E-state index in [4.69, 9.17) is 0 Å². The number of halogens is 3. The van der Waals surface area contributed by atoms with Crippen molar-refractivity contribution in [3.05, 3.63) is 35.4 Å². The molecule has 27 heavy (non-hydrogen) atoms. The third-order valence-corrected chi connectivity index (χ3v) is 5.80. The summed E-state index contributed by atoms with van der Waals surface area (Å²) in [6, 6.07) is 6.21. The van der Waals surface area contributed by atoms with Gasteiger partial charge in [-0.05, 0) is 56.2 Å². The minimum Gasteiger partial charge on any atom is -0.335 e. The van der Waals surface area contributed by atoms with Gasteiger partial charge >= 0.3 is 12.2 Å². The van der Waals surface area contributed by atoms with E-state index in [2.05, 4.69) is 10.2 Å². The van der Waals surface area contributed by atoms with E-state index in [0.29, 0.717) is 6.54 Å². The fraction of sp³-hybridized carbons (Fsp3) is 0.650. The summed E-state index contributed by atoms with van der Waals surface area (Å²) in [5, 5.41) is 3.16. The molecule has 2 saturated carbocycles. The monoisotopic (exact) mass is 381 g/mol. The fourth-order valence-corrected chi connectivity index (χ4v) is 3.85. The number of carbonyl (C=O) groups is 1. The van der Waals surface area contributed by atoms with Crippen molar-refractivity contribution in [1.82, 2.24) is 15.1 Å². The highest BCUT2D eigenvalue weighted by molar-refractivity contribution is 5.75. The van der Waals surface area contributed by atoms with Crippen molar-refractivity contribution in [3.8, 4) is 0 Å². The minimum atomic E-state index is -4.33. The van der Waals surface area contributed by atoms with Gasteiger partial charge in [-0.2, -0.15) is 13.2 Å². The Balaban J connectivity index is 1.33. The Labute approximate surface area is 157 Å². The van der Waals surface area contributed by atoms with Gasteiger partial charge in [-0.3, -0.25) is 0 Å². The predicted molar refractivity (Wildman–Crippen MR) is 96.2 cm³/mol. The smallest absolute Gasteiger partial charge is 0.335 e. The van der Waals surface area contributed by atoms with E-state index in [0.717, 1.165) is 62.5 Å². The molecule has 0 bridgehead atoms. The summed E-state index contributed by atoms with van der Waals surface area (Å²) in [5.41, 5.74) is 0.0738. The van der Waals surface area contributed by atoms with Crippen LogP contribution < -0.4 is 5.32 Å². The molecule has 1 aromatic rings. The normalized spacial score (nSPS) is 21.9. The maximum atomic E-state index is 12.8. The molecule has 0 radical (unpaired) electrons. The van der Waals surface area contributed by atoms with Gasteiger partial charge < -0.3 is 15.1 Å². The molecular weight excluding hydrogens is 355 g/mol. The quantitative estimate of drug-likeness (QED) is 0.837. The van der Waals surface area contributed by atoms with E-state index in [1.165, 1.54) is 25.0 Å². The number of nitrogens with zero attached hydrogens (tertiary/aromatic N) is 2. The van der Waals surface area contributed by atoms with Crippen molar-refractivity contribution >= 4 is 6.03 Å². The van der Waals surface area contributed by atoms with Crippen molar-refractivity contribution in [2.75, 3.05) is 13.1 Å². The average Bonchev–Trinajstić information content (AvgIpc) is 3.53. The van der Waals surface area contributed by atoms with Crippen LogP contribution in [0.1, 0.15) is 49.7 Å². The Morgan fingerprint density at radius 2 is 1.67 bits per heavy atom. The van der Waals surface area contributed by atoms with E-state index < -0.39 is 11.7 Å². The summed E-state index contributed by atoms with van der Waals surface area (Å²) in [6.07, 6.45) is 2.16. The SMILES string of the molecule is O=C(NC1CCN(C2CC2)CC1)N(Cc1ccc(C(F)(F)F)cc1)C1CC1. The molecule has 1 heterocycles. The van der Waals surface area contributed by atoms with Crippen molar-refractivity contribution in [2.24, 2.45) is 0 Å². The summed E-state index contributed by atoms with van der Waals surface area (Å²) < 4.78 is 38.1. The number of amides is 2. The van der Waals surface area contributed by atoms with Crippen LogP contribution in [0, 0.1) is 0 Å². The summed E-state index contributed by atoms with van der Waals surface area (Å²) in [7, 11) is 0. The first-order valence-corrected chi connectivity index (χ1v) is 9.87. The van der Waals surface area contributed by atoms with Gasteiger partial charge in [-0.1, -0.05) is 12.1 Å². The Morgan fingerprint density at radius 1 is 1.04 bits per heavy atom. The van der Waals surface area contributed by atoms with Gasteiger partial charge in [-0.15, -0.1) is 0 Å². The number of likely N-dealkylation sites (tertiary alicyclic amines) is 1. The maximum absolute atomic E-state index is 12.8. The number of alkyl halides is 3. The first kappa shape index (κ1) is 18.6. The lowest BCUT2D eigenvalue weighted by Crippen LogP contribution is -2.50. The number of urea groups is 1. The van der Waals surface area contributed by atoms with E-state index in [1.807, 2.05) is 0 Å². The average molecular weight is 381 g/mol. The van der Waals surface area contributed by atoms with Gasteiger partial charge in [0.15, 0.2) is 0 Å². The minimum absolute atomic E-state index is 0.0812. The summed E-state index contributed by atoms with van der Waals surface area (Å²) >= 11 is 0. The zero-order valence-corrected chi connectivity index (χ0v) is 15.3. The number of benzene rings is 1. The first-order valence-electron chi connectivity index (χ1n) is 9.87. The molecule has 0 atom stereocenters. The standard InChI is InChI=1S/C20H26F3N3O/c21-20(22,23)15-3-1-14(2-4-15)13-26(18-7-8-18)19(27)24-16-9-11-25(12-10-16)17-5-6-17/h1-4,16-18H,5-13H2,(H,24,27). The molecule has 4 rings (SSSR count). The van der Waals surface area contributed by atoms with Crippen LogP contribution in [0.3, 0.4) is 0 Å². The second kappa shape index (κ2) is 7.34. The largest absolute Gasteiger partial charge is 0.416 e. The number of rotatable bonds is 5. The summed E-state index contributed by atoms with van der Waals surface area (Å²) in [5.74, 6) is 0. The van der Waals surface area contributed by atoms with Gasteiger partial charge in [0.25, 0.3) is 0 Å². The Hall–Kier alpha value is -1.76. The lowest BCUT2D eigenvalue weighted by molar-refractivity contribution is -0.137. The van der Waals surface area contributed by atoms with E-state index in [1.54, 1.807) is 4.90 Å². The number of carbonyl (C=O) groups excluding carboxylic acids is 1. The van der Waals surface area contributed by atoms with Crippen molar-refractivity contribution in [1.29, 1.82) is 0 Å². The predicted octanol–water partition coefficient (Wildman–Crippen LogP) is 4.01. The summed E-state index contributed by atoms with van der Waals surface area (Å²) in [4.78, 5) is 17.1. The van der Waals surface area contributed by atoms with Crippen LogP contribution in [-0.4, -0.2) is 47.0 Å². The molecule has 0 spiro atoms. The van der Waals surface area contributed by atoms with Crippen molar-refractivity contribution in [2.45, 2.75) is 69.4 Å². The zero-order chi connectivity index (χ0) is 19.0. The summed E-state index contributed by atoms with van der Waals surface area (Å²) in [6.45, 7) is 2.44. The molecule has 0 aromatic heterocycles. The number of nitrogens with one attached hydrogen (secondary N) is 1. The highest BCUT2D eigenvalue weighted by Crippen LogP contribution is 2.32. The van der Waals surface area contributed by atoms with E-state index in [9.17, 15) is 18.0 Å². The Bertz CT molecular complexity index is 660. The topological polar surface area (TPSA) is 35.6 Å². The second-order valence-electron chi connectivity index (χ2n) is 8.04. The molecule has 1 N–H and O–H groups in total. The van der Waals surface area contributed by atoms with Gasteiger partial charge in [0.2, 0.25) is 0 Å². The molecule has 148 valence electrons. The molecule has 3 aliphatic rings. The Kier molecular flexibility index (Phi) is 5.05. The molecule has 1 saturated heterocycles. The van der Waals surface area contributed by atoms with Gasteiger partial charge in [0, 0.05) is 37.8 Å². The third kappa shape index (κ3) is 4.75. The molecule has 2 aliphatic carbocycles. The van der Waals surface area contributed by atoms with E-state index in [-0.39, 0.29) is 18.1 Å². The lowest BCUT2D eigenvalue weighted by Gasteiger charge is -2.34. The van der Waals surface area contributed by atoms with Crippen molar-refractivity contribution in [3.63, 3.8) is 0 Å². The number of hydrogen-bond acceptors (Lipinski definition) is 2. The molecule has 1 aromatic carbocycles. The van der Waals surface area contributed by atoms with Crippen LogP contribution in [0.5, 0.6) is 0 Å².